The fourth-order valence-corrected chi connectivity index (χ4v) is 4.14. The van der Waals surface area contributed by atoms with Crippen LogP contribution in [0, 0.1) is 5.92 Å². The normalized spacial score (nSPS) is 13.5. The summed E-state index contributed by atoms with van der Waals surface area (Å²) >= 11 is 0. The Balaban J connectivity index is 1.82. The van der Waals surface area contributed by atoms with Crippen LogP contribution in [0.4, 0.5) is 0 Å². The van der Waals surface area contributed by atoms with Gasteiger partial charge in [0.1, 0.15) is 0 Å². The maximum absolute atomic E-state index is 9.60. The van der Waals surface area contributed by atoms with Crippen molar-refractivity contribution in [3.05, 3.63) is 35.9 Å². The van der Waals surface area contributed by atoms with Crippen LogP contribution >= 0.6 is 0 Å². The van der Waals surface area contributed by atoms with E-state index >= 15 is 0 Å². The van der Waals surface area contributed by atoms with Crippen molar-refractivity contribution in [2.75, 3.05) is 20.3 Å². The third-order valence-corrected chi connectivity index (χ3v) is 5.89. The van der Waals surface area contributed by atoms with Gasteiger partial charge in [-0.2, -0.15) is 0 Å². The average molecular weight is 407 g/mol. The number of unbranched alkanes of at least 4 members (excludes halogenated alkanes) is 11. The van der Waals surface area contributed by atoms with Crippen molar-refractivity contribution in [1.29, 1.82) is 0 Å². The number of aryl methyl sites for hydroxylation is 1. The van der Waals surface area contributed by atoms with Crippen LogP contribution in [0.5, 0.6) is 0 Å². The third-order valence-electron chi connectivity index (χ3n) is 5.89. The summed E-state index contributed by atoms with van der Waals surface area (Å²) in [7, 11) is 1.71. The van der Waals surface area contributed by atoms with E-state index in [0.29, 0.717) is 18.9 Å². The van der Waals surface area contributed by atoms with Crippen molar-refractivity contribution < 1.29 is 14.9 Å². The molecule has 0 aliphatic rings. The Bertz CT molecular complexity index is 449. The molecule has 2 N–H and O–H groups in total. The third kappa shape index (κ3) is 15.6. The first-order valence-electron chi connectivity index (χ1n) is 12.1. The van der Waals surface area contributed by atoms with Crippen LogP contribution in [0.1, 0.15) is 95.5 Å². The second-order valence-corrected chi connectivity index (χ2v) is 8.66. The number of benzene rings is 1. The predicted molar refractivity (Wildman–Crippen MR) is 123 cm³/mol. The standard InChI is InChI=1S/C26H46O3/c1-29-23-25(21-26(28)22-27)20-14-11-9-7-5-3-2-4-6-8-10-13-17-24-18-15-12-16-19-24/h12,15-16,18-19,25-28H,2-11,13-14,17,20-23H2,1H3. The molecule has 168 valence electrons. The monoisotopic (exact) mass is 406 g/mol. The molecule has 0 spiro atoms. The Labute approximate surface area is 179 Å². The quantitative estimate of drug-likeness (QED) is 0.250. The Morgan fingerprint density at radius 1 is 0.759 bits per heavy atom. The highest BCUT2D eigenvalue weighted by molar-refractivity contribution is 5.14. The summed E-state index contributed by atoms with van der Waals surface area (Å²) in [5.74, 6) is 0.370. The molecule has 2 unspecified atom stereocenters. The van der Waals surface area contributed by atoms with Gasteiger partial charge in [0.05, 0.1) is 12.7 Å². The number of hydrogen-bond donors (Lipinski definition) is 2. The van der Waals surface area contributed by atoms with Gasteiger partial charge in [0, 0.05) is 13.7 Å². The van der Waals surface area contributed by atoms with Gasteiger partial charge in [0.2, 0.25) is 0 Å². The molecule has 2 atom stereocenters. The lowest BCUT2D eigenvalue weighted by Crippen LogP contribution is -2.20. The van der Waals surface area contributed by atoms with Crippen molar-refractivity contribution in [3.8, 4) is 0 Å². The zero-order valence-corrected chi connectivity index (χ0v) is 18.9. The topological polar surface area (TPSA) is 49.7 Å². The SMILES string of the molecule is COCC(CCCCCCCCCCCCCCc1ccccc1)CC(O)CO. The highest BCUT2D eigenvalue weighted by atomic mass is 16.5. The Morgan fingerprint density at radius 2 is 1.28 bits per heavy atom. The number of aliphatic hydroxyl groups is 2. The molecule has 0 amide bonds. The molecule has 0 saturated carbocycles. The first-order valence-corrected chi connectivity index (χ1v) is 12.1. The summed E-state index contributed by atoms with van der Waals surface area (Å²) < 4.78 is 5.24. The van der Waals surface area contributed by atoms with Gasteiger partial charge in [-0.25, -0.2) is 0 Å². The van der Waals surface area contributed by atoms with Crippen molar-refractivity contribution in [2.24, 2.45) is 5.92 Å². The van der Waals surface area contributed by atoms with E-state index in [4.69, 9.17) is 9.84 Å². The van der Waals surface area contributed by atoms with E-state index < -0.39 is 6.10 Å². The molecule has 0 aromatic heterocycles. The van der Waals surface area contributed by atoms with Gasteiger partial charge in [0.25, 0.3) is 0 Å². The molecule has 0 fully saturated rings. The summed E-state index contributed by atoms with van der Waals surface area (Å²) in [6, 6.07) is 10.8. The minimum atomic E-state index is -0.598. The lowest BCUT2D eigenvalue weighted by molar-refractivity contribution is 0.0517. The first kappa shape index (κ1) is 26.1. The zero-order chi connectivity index (χ0) is 21.0. The molecule has 1 aromatic carbocycles. The molecule has 29 heavy (non-hydrogen) atoms. The van der Waals surface area contributed by atoms with Gasteiger partial charge in [-0.05, 0) is 37.2 Å². The van der Waals surface area contributed by atoms with Crippen LogP contribution in [0.15, 0.2) is 30.3 Å². The van der Waals surface area contributed by atoms with E-state index in [1.165, 1.54) is 89.0 Å². The van der Waals surface area contributed by atoms with Crippen LogP contribution in [0.25, 0.3) is 0 Å². The summed E-state index contributed by atoms with van der Waals surface area (Å²) in [5, 5.41) is 18.6. The Morgan fingerprint density at radius 3 is 1.79 bits per heavy atom. The maximum atomic E-state index is 9.60. The number of aliphatic hydroxyl groups excluding tert-OH is 2. The number of ether oxygens (including phenoxy) is 1. The minimum Gasteiger partial charge on any atom is -0.394 e. The smallest absolute Gasteiger partial charge is 0.0774 e. The molecule has 3 heteroatoms. The lowest BCUT2D eigenvalue weighted by Gasteiger charge is -2.18. The predicted octanol–water partition coefficient (Wildman–Crippen LogP) is 6.31. The summed E-state index contributed by atoms with van der Waals surface area (Å²) in [6.45, 7) is 0.539. The molecule has 0 saturated heterocycles. The van der Waals surface area contributed by atoms with Crippen LogP contribution in [-0.4, -0.2) is 36.6 Å². The molecule has 0 heterocycles. The van der Waals surface area contributed by atoms with Crippen LogP contribution in [-0.2, 0) is 11.2 Å². The zero-order valence-electron chi connectivity index (χ0n) is 18.9. The van der Waals surface area contributed by atoms with Crippen molar-refractivity contribution >= 4 is 0 Å². The molecule has 1 rings (SSSR count). The second kappa shape index (κ2) is 19.1. The van der Waals surface area contributed by atoms with Crippen molar-refractivity contribution in [3.63, 3.8) is 0 Å². The fraction of sp³-hybridized carbons (Fsp3) is 0.769. The first-order chi connectivity index (χ1) is 14.3. The summed E-state index contributed by atoms with van der Waals surface area (Å²) in [5.41, 5.74) is 1.48. The fourth-order valence-electron chi connectivity index (χ4n) is 4.14. The van der Waals surface area contributed by atoms with E-state index in [0.717, 1.165) is 6.42 Å². The summed E-state index contributed by atoms with van der Waals surface area (Å²) in [6.07, 6.45) is 18.6. The molecule has 0 aliphatic carbocycles. The molecular formula is C26H46O3. The molecule has 3 nitrogen and oxygen atoms in total. The second-order valence-electron chi connectivity index (χ2n) is 8.66. The molecule has 1 aromatic rings. The van der Waals surface area contributed by atoms with Gasteiger partial charge < -0.3 is 14.9 Å². The molecular weight excluding hydrogens is 360 g/mol. The molecule has 0 radical (unpaired) electrons. The van der Waals surface area contributed by atoms with Crippen molar-refractivity contribution in [2.45, 2.75) is 102 Å². The highest BCUT2D eigenvalue weighted by Crippen LogP contribution is 2.18. The van der Waals surface area contributed by atoms with E-state index in [1.807, 2.05) is 0 Å². The van der Waals surface area contributed by atoms with E-state index in [9.17, 15) is 5.11 Å². The highest BCUT2D eigenvalue weighted by Gasteiger charge is 2.13. The Hall–Kier alpha value is -0.900. The molecule has 0 bridgehead atoms. The van der Waals surface area contributed by atoms with Gasteiger partial charge in [-0.3, -0.25) is 0 Å². The average Bonchev–Trinajstić information content (AvgIpc) is 2.74. The Kier molecular flexibility index (Phi) is 17.2. The van der Waals surface area contributed by atoms with Gasteiger partial charge in [0.15, 0.2) is 0 Å². The minimum absolute atomic E-state index is 0.145. The lowest BCUT2D eigenvalue weighted by atomic mass is 9.95. The van der Waals surface area contributed by atoms with Gasteiger partial charge in [-0.1, -0.05) is 101 Å². The summed E-state index contributed by atoms with van der Waals surface area (Å²) in [4.78, 5) is 0. The van der Waals surface area contributed by atoms with E-state index in [1.54, 1.807) is 7.11 Å². The number of methoxy groups -OCH3 is 1. The number of hydrogen-bond acceptors (Lipinski definition) is 3. The van der Waals surface area contributed by atoms with E-state index in [-0.39, 0.29) is 6.61 Å². The molecule has 0 aliphatic heterocycles. The number of rotatable bonds is 20. The van der Waals surface area contributed by atoms with Gasteiger partial charge >= 0.3 is 0 Å². The van der Waals surface area contributed by atoms with E-state index in [2.05, 4.69) is 30.3 Å². The maximum Gasteiger partial charge on any atom is 0.0774 e. The van der Waals surface area contributed by atoms with Crippen LogP contribution < -0.4 is 0 Å². The largest absolute Gasteiger partial charge is 0.394 e. The van der Waals surface area contributed by atoms with Crippen LogP contribution in [0.3, 0.4) is 0 Å². The van der Waals surface area contributed by atoms with Crippen LogP contribution in [0.2, 0.25) is 0 Å². The van der Waals surface area contributed by atoms with Gasteiger partial charge in [-0.15, -0.1) is 0 Å². The van der Waals surface area contributed by atoms with Crippen molar-refractivity contribution in [1.82, 2.24) is 0 Å².